The smallest absolute Gasteiger partial charge is 0.117 e. The van der Waals surface area contributed by atoms with Crippen LogP contribution in [0.2, 0.25) is 0 Å². The summed E-state index contributed by atoms with van der Waals surface area (Å²) in [6.07, 6.45) is 1.08. The second-order valence-electron chi connectivity index (χ2n) is 3.62. The topological polar surface area (TPSA) is 55.2 Å². The molecule has 0 saturated carbocycles. The van der Waals surface area contributed by atoms with Crippen LogP contribution in [0.4, 0.5) is 0 Å². The van der Waals surface area contributed by atoms with Gasteiger partial charge in [-0.3, -0.25) is 0 Å². The highest BCUT2D eigenvalue weighted by atomic mass is 32.2. The maximum Gasteiger partial charge on any atom is 0.117 e. The van der Waals surface area contributed by atoms with Crippen LogP contribution in [-0.2, 0) is 4.74 Å². The highest BCUT2D eigenvalue weighted by Crippen LogP contribution is 2.24. The van der Waals surface area contributed by atoms with Crippen LogP contribution >= 0.6 is 11.8 Å². The molecule has 0 radical (unpaired) electrons. The summed E-state index contributed by atoms with van der Waals surface area (Å²) in [6.45, 7) is 0.343. The molecule has 2 aromatic rings. The number of aliphatic hydroxyl groups is 1. The van der Waals surface area contributed by atoms with Crippen LogP contribution in [0.1, 0.15) is 0 Å². The Morgan fingerprint density at radius 2 is 2.18 bits per heavy atom. The van der Waals surface area contributed by atoms with Crippen LogP contribution in [0.3, 0.4) is 0 Å². The number of nitrogens with zero attached hydrogens (tertiary/aromatic N) is 2. The molecule has 5 heteroatoms. The van der Waals surface area contributed by atoms with E-state index >= 15 is 0 Å². The van der Waals surface area contributed by atoms with Gasteiger partial charge in [-0.15, -0.1) is 11.8 Å². The van der Waals surface area contributed by atoms with Crippen molar-refractivity contribution in [3.05, 3.63) is 30.6 Å². The fourth-order valence-electron chi connectivity index (χ4n) is 1.51. The van der Waals surface area contributed by atoms with Crippen molar-refractivity contribution in [1.82, 2.24) is 9.97 Å². The van der Waals surface area contributed by atoms with Crippen molar-refractivity contribution in [1.29, 1.82) is 0 Å². The summed E-state index contributed by atoms with van der Waals surface area (Å²) in [6, 6.07) is 7.85. The number of para-hydroxylation sites is 1. The van der Waals surface area contributed by atoms with Gasteiger partial charge in [-0.1, -0.05) is 18.2 Å². The third kappa shape index (κ3) is 3.15. The number of fused-ring (bicyclic) bond motifs is 1. The highest BCUT2D eigenvalue weighted by Gasteiger charge is 2.08. The van der Waals surface area contributed by atoms with Crippen molar-refractivity contribution >= 4 is 22.7 Å². The van der Waals surface area contributed by atoms with Crippen LogP contribution in [0.15, 0.2) is 35.6 Å². The zero-order chi connectivity index (χ0) is 12.1. The lowest BCUT2D eigenvalue weighted by Crippen LogP contribution is -2.16. The lowest BCUT2D eigenvalue weighted by molar-refractivity contribution is 0.0794. The fourth-order valence-corrected chi connectivity index (χ4v) is 2.41. The number of rotatable bonds is 5. The first-order valence-electron chi connectivity index (χ1n) is 5.31. The molecule has 90 valence electrons. The van der Waals surface area contributed by atoms with Gasteiger partial charge in [0.2, 0.25) is 0 Å². The van der Waals surface area contributed by atoms with Gasteiger partial charge in [-0.05, 0) is 6.07 Å². The largest absolute Gasteiger partial charge is 0.390 e. The molecule has 1 aromatic carbocycles. The van der Waals surface area contributed by atoms with Gasteiger partial charge < -0.3 is 9.84 Å². The van der Waals surface area contributed by atoms with Crippen LogP contribution < -0.4 is 0 Å². The van der Waals surface area contributed by atoms with E-state index in [0.29, 0.717) is 12.4 Å². The van der Waals surface area contributed by atoms with Gasteiger partial charge in [0.05, 0.1) is 18.2 Å². The van der Waals surface area contributed by atoms with E-state index in [2.05, 4.69) is 9.97 Å². The van der Waals surface area contributed by atoms with Gasteiger partial charge >= 0.3 is 0 Å². The van der Waals surface area contributed by atoms with Crippen molar-refractivity contribution in [3.63, 3.8) is 0 Å². The normalized spacial score (nSPS) is 12.8. The Bertz CT molecular complexity index is 487. The Hall–Kier alpha value is -1.17. The highest BCUT2D eigenvalue weighted by molar-refractivity contribution is 7.99. The van der Waals surface area contributed by atoms with Gasteiger partial charge in [-0.25, -0.2) is 9.97 Å². The lowest BCUT2D eigenvalue weighted by Gasteiger charge is -2.09. The van der Waals surface area contributed by atoms with Gasteiger partial charge in [-0.2, -0.15) is 0 Å². The number of ether oxygens (including phenoxy) is 1. The van der Waals surface area contributed by atoms with E-state index in [-0.39, 0.29) is 0 Å². The molecule has 0 aliphatic carbocycles. The maximum absolute atomic E-state index is 9.59. The van der Waals surface area contributed by atoms with Gasteiger partial charge in [0.15, 0.2) is 0 Å². The molecule has 0 saturated heterocycles. The molecule has 0 aliphatic rings. The van der Waals surface area contributed by atoms with E-state index < -0.39 is 6.10 Å². The molecule has 1 atom stereocenters. The maximum atomic E-state index is 9.59. The quantitative estimate of drug-likeness (QED) is 0.647. The molecule has 0 fully saturated rings. The van der Waals surface area contributed by atoms with E-state index in [9.17, 15) is 5.11 Å². The second kappa shape index (κ2) is 5.95. The zero-order valence-electron chi connectivity index (χ0n) is 9.54. The zero-order valence-corrected chi connectivity index (χ0v) is 10.4. The van der Waals surface area contributed by atoms with E-state index in [1.807, 2.05) is 24.3 Å². The number of thioether (sulfide) groups is 1. The third-order valence-electron chi connectivity index (χ3n) is 2.28. The first-order valence-corrected chi connectivity index (χ1v) is 6.29. The standard InChI is InChI=1S/C12H14N2O2S/c1-16-6-9(15)7-17-12-10-4-2-3-5-11(10)13-8-14-12/h2-5,8-9,15H,6-7H2,1H3. The number of hydrogen-bond donors (Lipinski definition) is 1. The van der Waals surface area contributed by atoms with E-state index in [0.717, 1.165) is 15.9 Å². The Morgan fingerprint density at radius 3 is 3.00 bits per heavy atom. The minimum Gasteiger partial charge on any atom is -0.390 e. The number of hydrogen-bond acceptors (Lipinski definition) is 5. The molecular formula is C12H14N2O2S. The van der Waals surface area contributed by atoms with Gasteiger partial charge in [0.1, 0.15) is 11.4 Å². The van der Waals surface area contributed by atoms with Crippen molar-refractivity contribution < 1.29 is 9.84 Å². The van der Waals surface area contributed by atoms with Gasteiger partial charge in [0, 0.05) is 18.2 Å². The Kier molecular flexibility index (Phi) is 4.30. The average Bonchev–Trinajstić information content (AvgIpc) is 2.36. The van der Waals surface area contributed by atoms with Crippen LogP contribution in [0, 0.1) is 0 Å². The first kappa shape index (κ1) is 12.3. The molecule has 0 aliphatic heterocycles. The van der Waals surface area contributed by atoms with Crippen LogP contribution in [-0.4, -0.2) is 40.6 Å². The summed E-state index contributed by atoms with van der Waals surface area (Å²) < 4.78 is 4.88. The summed E-state index contributed by atoms with van der Waals surface area (Å²) in [4.78, 5) is 8.43. The summed E-state index contributed by atoms with van der Waals surface area (Å²) in [7, 11) is 1.58. The second-order valence-corrected chi connectivity index (χ2v) is 4.62. The molecular weight excluding hydrogens is 236 g/mol. The molecule has 17 heavy (non-hydrogen) atoms. The molecule has 0 bridgehead atoms. The summed E-state index contributed by atoms with van der Waals surface area (Å²) in [5, 5.41) is 11.5. The van der Waals surface area contributed by atoms with E-state index in [1.54, 1.807) is 13.4 Å². The van der Waals surface area contributed by atoms with E-state index in [4.69, 9.17) is 4.74 Å². The SMILES string of the molecule is COCC(O)CSc1ncnc2ccccc12. The molecule has 2 rings (SSSR count). The Labute approximate surface area is 104 Å². The average molecular weight is 250 g/mol. The first-order chi connectivity index (χ1) is 8.31. The summed E-state index contributed by atoms with van der Waals surface area (Å²) in [5.74, 6) is 0.564. The predicted molar refractivity (Wildman–Crippen MR) is 68.1 cm³/mol. The van der Waals surface area contributed by atoms with Crippen LogP contribution in [0.5, 0.6) is 0 Å². The molecule has 1 unspecified atom stereocenters. The molecule has 1 aromatic heterocycles. The fraction of sp³-hybridized carbons (Fsp3) is 0.333. The third-order valence-corrected chi connectivity index (χ3v) is 3.43. The van der Waals surface area contributed by atoms with Gasteiger partial charge in [0.25, 0.3) is 0 Å². The van der Waals surface area contributed by atoms with Crippen molar-refractivity contribution in [2.24, 2.45) is 0 Å². The summed E-state index contributed by atoms with van der Waals surface area (Å²) >= 11 is 1.52. The molecule has 1 N–H and O–H groups in total. The molecule has 4 nitrogen and oxygen atoms in total. The van der Waals surface area contributed by atoms with Crippen molar-refractivity contribution in [2.45, 2.75) is 11.1 Å². The monoisotopic (exact) mass is 250 g/mol. The minimum absolute atomic E-state index is 0.343. The molecule has 1 heterocycles. The molecule has 0 amide bonds. The number of benzene rings is 1. The van der Waals surface area contributed by atoms with E-state index in [1.165, 1.54) is 11.8 Å². The Morgan fingerprint density at radius 1 is 1.35 bits per heavy atom. The van der Waals surface area contributed by atoms with Crippen LogP contribution in [0.25, 0.3) is 10.9 Å². The number of aromatic nitrogens is 2. The summed E-state index contributed by atoms with van der Waals surface area (Å²) in [5.41, 5.74) is 0.922. The Balaban J connectivity index is 2.13. The number of methoxy groups -OCH3 is 1. The minimum atomic E-state index is -0.473. The van der Waals surface area contributed by atoms with Crippen molar-refractivity contribution in [2.75, 3.05) is 19.5 Å². The predicted octanol–water partition coefficient (Wildman–Crippen LogP) is 1.73. The number of aliphatic hydroxyl groups excluding tert-OH is 1. The lowest BCUT2D eigenvalue weighted by atomic mass is 10.2. The molecule has 0 spiro atoms. The van der Waals surface area contributed by atoms with Crippen molar-refractivity contribution in [3.8, 4) is 0 Å².